The smallest absolute Gasteiger partial charge is 0.227 e. The summed E-state index contributed by atoms with van der Waals surface area (Å²) in [6.07, 6.45) is 1.30. The highest BCUT2D eigenvalue weighted by Crippen LogP contribution is 2.12. The summed E-state index contributed by atoms with van der Waals surface area (Å²) >= 11 is 0. The molecule has 0 spiro atoms. The van der Waals surface area contributed by atoms with E-state index in [1.54, 1.807) is 6.92 Å². The summed E-state index contributed by atoms with van der Waals surface area (Å²) < 4.78 is 0. The molecule has 0 atom stereocenters. The van der Waals surface area contributed by atoms with Crippen molar-refractivity contribution in [2.24, 2.45) is 0 Å². The molecule has 0 saturated carbocycles. The average molecular weight is 277 g/mol. The molecule has 2 heterocycles. The zero-order chi connectivity index (χ0) is 14.7. The van der Waals surface area contributed by atoms with Crippen LogP contribution in [-0.2, 0) is 16.0 Å². The Morgan fingerprint density at radius 3 is 2.40 bits per heavy atom. The molecule has 1 N–H and O–H groups in total. The summed E-state index contributed by atoms with van der Waals surface area (Å²) in [5, 5.41) is 0. The summed E-state index contributed by atoms with van der Waals surface area (Å²) in [6, 6.07) is 2.03. The quantitative estimate of drug-likeness (QED) is 0.884. The number of aromatic nitrogens is 1. The van der Waals surface area contributed by atoms with Gasteiger partial charge in [-0.1, -0.05) is 0 Å². The van der Waals surface area contributed by atoms with E-state index in [1.807, 2.05) is 29.7 Å². The summed E-state index contributed by atoms with van der Waals surface area (Å²) in [6.45, 7) is 8.36. The molecular weight excluding hydrogens is 254 g/mol. The van der Waals surface area contributed by atoms with Gasteiger partial charge in [0.25, 0.3) is 0 Å². The van der Waals surface area contributed by atoms with Gasteiger partial charge in [-0.3, -0.25) is 9.59 Å². The van der Waals surface area contributed by atoms with E-state index in [0.717, 1.165) is 36.5 Å². The van der Waals surface area contributed by atoms with Crippen LogP contribution in [-0.4, -0.2) is 52.8 Å². The maximum absolute atomic E-state index is 12.4. The number of carbonyl (C=O) groups excluding carboxylic acids is 2. The Morgan fingerprint density at radius 1 is 1.15 bits per heavy atom. The standard InChI is InChI=1S/C15H23N3O2/c1-11-9-14(12(2)16-11)10-15(20)18-6-4-5-17(7-8-18)13(3)19/h9,16H,4-8,10H2,1-3H3. The van der Waals surface area contributed by atoms with E-state index >= 15 is 0 Å². The van der Waals surface area contributed by atoms with Gasteiger partial charge in [0.05, 0.1) is 6.42 Å². The minimum atomic E-state index is 0.0939. The molecule has 110 valence electrons. The molecule has 0 aromatic carbocycles. The second kappa shape index (κ2) is 6.11. The number of nitrogens with zero attached hydrogens (tertiary/aromatic N) is 2. The molecule has 0 unspecified atom stereocenters. The minimum Gasteiger partial charge on any atom is -0.362 e. The van der Waals surface area contributed by atoms with Gasteiger partial charge in [-0.15, -0.1) is 0 Å². The number of hydrogen-bond donors (Lipinski definition) is 1. The predicted octanol–water partition coefficient (Wildman–Crippen LogP) is 1.25. The molecule has 2 amide bonds. The first kappa shape index (κ1) is 14.6. The third-order valence-corrected chi connectivity index (χ3v) is 3.89. The van der Waals surface area contributed by atoms with Crippen molar-refractivity contribution in [2.45, 2.75) is 33.6 Å². The first-order chi connectivity index (χ1) is 9.47. The van der Waals surface area contributed by atoms with Gasteiger partial charge in [0.15, 0.2) is 0 Å². The van der Waals surface area contributed by atoms with Gasteiger partial charge in [0.1, 0.15) is 0 Å². The van der Waals surface area contributed by atoms with E-state index in [1.165, 1.54) is 0 Å². The van der Waals surface area contributed by atoms with Crippen molar-refractivity contribution in [3.8, 4) is 0 Å². The fraction of sp³-hybridized carbons (Fsp3) is 0.600. The Bertz CT molecular complexity index is 507. The number of carbonyl (C=O) groups is 2. The lowest BCUT2D eigenvalue weighted by atomic mass is 10.1. The van der Waals surface area contributed by atoms with Crippen molar-refractivity contribution >= 4 is 11.8 Å². The number of nitrogens with one attached hydrogen (secondary N) is 1. The maximum atomic E-state index is 12.4. The third-order valence-electron chi connectivity index (χ3n) is 3.89. The Morgan fingerprint density at radius 2 is 1.80 bits per heavy atom. The maximum Gasteiger partial charge on any atom is 0.227 e. The molecule has 1 aliphatic rings. The average Bonchev–Trinajstić information content (AvgIpc) is 2.60. The summed E-state index contributed by atoms with van der Waals surface area (Å²) in [5.41, 5.74) is 3.22. The molecule has 1 aromatic heterocycles. The Kier molecular flexibility index (Phi) is 4.47. The van der Waals surface area contributed by atoms with Gasteiger partial charge in [-0.05, 0) is 31.9 Å². The second-order valence-electron chi connectivity index (χ2n) is 5.52. The van der Waals surface area contributed by atoms with Crippen molar-refractivity contribution in [3.05, 3.63) is 23.0 Å². The van der Waals surface area contributed by atoms with Crippen molar-refractivity contribution in [1.82, 2.24) is 14.8 Å². The van der Waals surface area contributed by atoms with Crippen LogP contribution in [0.25, 0.3) is 0 Å². The molecular formula is C15H23N3O2. The molecule has 1 aromatic rings. The summed E-state index contributed by atoms with van der Waals surface area (Å²) in [7, 11) is 0. The van der Waals surface area contributed by atoms with Crippen LogP contribution in [0.3, 0.4) is 0 Å². The van der Waals surface area contributed by atoms with E-state index in [4.69, 9.17) is 0 Å². The number of aromatic amines is 1. The van der Waals surface area contributed by atoms with Gasteiger partial charge < -0.3 is 14.8 Å². The van der Waals surface area contributed by atoms with Crippen LogP contribution in [0.1, 0.15) is 30.3 Å². The first-order valence-corrected chi connectivity index (χ1v) is 7.15. The first-order valence-electron chi connectivity index (χ1n) is 7.15. The van der Waals surface area contributed by atoms with Crippen LogP contribution in [0.2, 0.25) is 0 Å². The SMILES string of the molecule is CC(=O)N1CCCN(C(=O)Cc2cc(C)[nH]c2C)CC1. The molecule has 0 aliphatic carbocycles. The molecule has 0 bridgehead atoms. The Hall–Kier alpha value is -1.78. The van der Waals surface area contributed by atoms with Gasteiger partial charge in [-0.25, -0.2) is 0 Å². The molecule has 2 rings (SSSR count). The van der Waals surface area contributed by atoms with Crippen LogP contribution >= 0.6 is 0 Å². The van der Waals surface area contributed by atoms with Crippen LogP contribution < -0.4 is 0 Å². The van der Waals surface area contributed by atoms with Crippen LogP contribution in [0.15, 0.2) is 6.07 Å². The third kappa shape index (κ3) is 3.40. The van der Waals surface area contributed by atoms with Gasteiger partial charge in [0.2, 0.25) is 11.8 Å². The molecule has 5 heteroatoms. The van der Waals surface area contributed by atoms with E-state index in [2.05, 4.69) is 4.98 Å². The fourth-order valence-corrected chi connectivity index (χ4v) is 2.72. The summed E-state index contributed by atoms with van der Waals surface area (Å²) in [4.78, 5) is 30.7. The molecule has 1 aliphatic heterocycles. The monoisotopic (exact) mass is 277 g/mol. The number of hydrogen-bond acceptors (Lipinski definition) is 2. The molecule has 5 nitrogen and oxygen atoms in total. The Balaban J connectivity index is 1.96. The lowest BCUT2D eigenvalue weighted by molar-refractivity contribution is -0.132. The van der Waals surface area contributed by atoms with Crippen molar-refractivity contribution in [3.63, 3.8) is 0 Å². The van der Waals surface area contributed by atoms with Gasteiger partial charge in [0, 0.05) is 44.5 Å². The lowest BCUT2D eigenvalue weighted by Crippen LogP contribution is -2.37. The highest BCUT2D eigenvalue weighted by molar-refractivity contribution is 5.79. The second-order valence-corrected chi connectivity index (χ2v) is 5.52. The molecule has 1 fully saturated rings. The molecule has 20 heavy (non-hydrogen) atoms. The van der Waals surface area contributed by atoms with Crippen LogP contribution in [0.5, 0.6) is 0 Å². The molecule has 1 saturated heterocycles. The van der Waals surface area contributed by atoms with Crippen molar-refractivity contribution in [1.29, 1.82) is 0 Å². The van der Waals surface area contributed by atoms with Crippen LogP contribution in [0, 0.1) is 13.8 Å². The largest absolute Gasteiger partial charge is 0.362 e. The summed E-state index contributed by atoms with van der Waals surface area (Å²) in [5.74, 6) is 0.244. The zero-order valence-corrected chi connectivity index (χ0v) is 12.5. The normalized spacial score (nSPS) is 16.1. The minimum absolute atomic E-state index is 0.0939. The van der Waals surface area contributed by atoms with E-state index in [-0.39, 0.29) is 11.8 Å². The van der Waals surface area contributed by atoms with E-state index in [9.17, 15) is 9.59 Å². The molecule has 0 radical (unpaired) electrons. The number of rotatable bonds is 2. The highest BCUT2D eigenvalue weighted by Gasteiger charge is 2.21. The fourth-order valence-electron chi connectivity index (χ4n) is 2.72. The van der Waals surface area contributed by atoms with Crippen molar-refractivity contribution in [2.75, 3.05) is 26.2 Å². The zero-order valence-electron chi connectivity index (χ0n) is 12.5. The van der Waals surface area contributed by atoms with Gasteiger partial charge >= 0.3 is 0 Å². The number of H-pyrrole nitrogens is 1. The van der Waals surface area contributed by atoms with E-state index < -0.39 is 0 Å². The Labute approximate surface area is 119 Å². The topological polar surface area (TPSA) is 56.4 Å². The lowest BCUT2D eigenvalue weighted by Gasteiger charge is -2.21. The van der Waals surface area contributed by atoms with Gasteiger partial charge in [-0.2, -0.15) is 0 Å². The van der Waals surface area contributed by atoms with Crippen LogP contribution in [0.4, 0.5) is 0 Å². The number of amides is 2. The highest BCUT2D eigenvalue weighted by atomic mass is 16.2. The number of aryl methyl sites for hydroxylation is 2. The predicted molar refractivity (Wildman–Crippen MR) is 77.4 cm³/mol. The van der Waals surface area contributed by atoms with Crippen molar-refractivity contribution < 1.29 is 9.59 Å². The van der Waals surface area contributed by atoms with E-state index in [0.29, 0.717) is 19.5 Å².